The zero-order chi connectivity index (χ0) is 17.9. The second kappa shape index (κ2) is 10.1. The van der Waals surface area contributed by atoms with Crippen molar-refractivity contribution in [3.8, 4) is 0 Å². The molecule has 0 radical (unpaired) electrons. The van der Waals surface area contributed by atoms with Gasteiger partial charge in [-0.2, -0.15) is 0 Å². The number of benzene rings is 1. The van der Waals surface area contributed by atoms with Crippen molar-refractivity contribution in [2.24, 2.45) is 0 Å². The molecule has 7 heteroatoms. The minimum atomic E-state index is -0.623. The van der Waals surface area contributed by atoms with Crippen LogP contribution in [0, 0.1) is 0 Å². The highest BCUT2D eigenvalue weighted by Crippen LogP contribution is 2.14. The molecule has 1 rings (SSSR count). The maximum Gasteiger partial charge on any atom is 0.306 e. The van der Waals surface area contributed by atoms with Crippen molar-refractivity contribution in [1.82, 2.24) is 5.32 Å². The lowest BCUT2D eigenvalue weighted by molar-refractivity contribution is -0.149. The number of para-hydroxylation sites is 1. The van der Waals surface area contributed by atoms with Crippen molar-refractivity contribution in [2.75, 3.05) is 18.5 Å². The first kappa shape index (κ1) is 19.3. The SMILES string of the molecule is CCc1ccccc1NC(=O)CNC(=O)COC(=O)CCC(C)=O. The van der Waals surface area contributed by atoms with E-state index < -0.39 is 18.5 Å². The number of hydrogen-bond donors (Lipinski definition) is 2. The molecule has 0 atom stereocenters. The molecule has 0 heterocycles. The van der Waals surface area contributed by atoms with Crippen molar-refractivity contribution in [3.05, 3.63) is 29.8 Å². The molecule has 1 aromatic rings. The van der Waals surface area contributed by atoms with Crippen LogP contribution in [0.2, 0.25) is 0 Å². The molecule has 0 fully saturated rings. The van der Waals surface area contributed by atoms with Crippen LogP contribution >= 0.6 is 0 Å². The van der Waals surface area contributed by atoms with Gasteiger partial charge in [0.05, 0.1) is 13.0 Å². The zero-order valence-electron chi connectivity index (χ0n) is 13.9. The second-order valence-corrected chi connectivity index (χ2v) is 5.20. The first-order chi connectivity index (χ1) is 11.4. The van der Waals surface area contributed by atoms with E-state index in [1.807, 2.05) is 25.1 Å². The highest BCUT2D eigenvalue weighted by molar-refractivity contribution is 5.95. The number of nitrogens with one attached hydrogen (secondary N) is 2. The summed E-state index contributed by atoms with van der Waals surface area (Å²) in [6.45, 7) is 2.65. The highest BCUT2D eigenvalue weighted by atomic mass is 16.5. The first-order valence-electron chi connectivity index (χ1n) is 7.72. The summed E-state index contributed by atoms with van der Waals surface area (Å²) >= 11 is 0. The van der Waals surface area contributed by atoms with Crippen LogP contribution in [0.25, 0.3) is 0 Å². The van der Waals surface area contributed by atoms with Gasteiger partial charge in [-0.15, -0.1) is 0 Å². The molecule has 0 spiro atoms. The van der Waals surface area contributed by atoms with Crippen LogP contribution in [0.5, 0.6) is 0 Å². The van der Waals surface area contributed by atoms with Gasteiger partial charge >= 0.3 is 5.97 Å². The van der Waals surface area contributed by atoms with Gasteiger partial charge in [0.1, 0.15) is 5.78 Å². The molecule has 0 unspecified atom stereocenters. The van der Waals surface area contributed by atoms with Crippen molar-refractivity contribution < 1.29 is 23.9 Å². The predicted molar refractivity (Wildman–Crippen MR) is 88.3 cm³/mol. The third kappa shape index (κ3) is 7.53. The number of rotatable bonds is 9. The monoisotopic (exact) mass is 334 g/mol. The molecule has 0 aliphatic rings. The Hall–Kier alpha value is -2.70. The summed E-state index contributed by atoms with van der Waals surface area (Å²) in [4.78, 5) is 45.4. The smallest absolute Gasteiger partial charge is 0.306 e. The number of ketones is 1. The summed E-state index contributed by atoms with van der Waals surface area (Å²) in [6.07, 6.45) is 0.801. The van der Waals surface area contributed by atoms with Crippen LogP contribution in [0.1, 0.15) is 32.3 Å². The zero-order valence-corrected chi connectivity index (χ0v) is 13.9. The van der Waals surface area contributed by atoms with E-state index in [0.717, 1.165) is 12.0 Å². The number of carbonyl (C=O) groups excluding carboxylic acids is 4. The van der Waals surface area contributed by atoms with Crippen molar-refractivity contribution in [2.45, 2.75) is 33.1 Å². The van der Waals surface area contributed by atoms with Crippen LogP contribution in [-0.4, -0.2) is 36.7 Å². The summed E-state index contributed by atoms with van der Waals surface area (Å²) in [5.41, 5.74) is 1.70. The fraction of sp³-hybridized carbons (Fsp3) is 0.412. The Morgan fingerprint density at radius 1 is 1.04 bits per heavy atom. The molecule has 130 valence electrons. The van der Waals surface area contributed by atoms with Gasteiger partial charge in [-0.25, -0.2) is 0 Å². The molecule has 0 aliphatic carbocycles. The van der Waals surface area contributed by atoms with Gasteiger partial charge in [0.15, 0.2) is 6.61 Å². The number of aryl methyl sites for hydroxylation is 1. The van der Waals surface area contributed by atoms with Crippen LogP contribution < -0.4 is 10.6 Å². The molecular weight excluding hydrogens is 312 g/mol. The molecule has 2 amide bonds. The minimum absolute atomic E-state index is 0.0586. The van der Waals surface area contributed by atoms with Gasteiger partial charge < -0.3 is 20.2 Å². The highest BCUT2D eigenvalue weighted by Gasteiger charge is 2.11. The minimum Gasteiger partial charge on any atom is -0.456 e. The predicted octanol–water partition coefficient (Wildman–Crippen LogP) is 1.22. The Morgan fingerprint density at radius 2 is 1.75 bits per heavy atom. The van der Waals surface area contributed by atoms with E-state index in [1.165, 1.54) is 6.92 Å². The van der Waals surface area contributed by atoms with E-state index in [2.05, 4.69) is 10.6 Å². The van der Waals surface area contributed by atoms with Gasteiger partial charge in [-0.05, 0) is 25.0 Å². The van der Waals surface area contributed by atoms with Gasteiger partial charge in [0, 0.05) is 12.1 Å². The summed E-state index contributed by atoms with van der Waals surface area (Å²) in [5.74, 6) is -1.70. The molecule has 0 saturated carbocycles. The van der Waals surface area contributed by atoms with Gasteiger partial charge in [-0.3, -0.25) is 14.4 Å². The number of carbonyl (C=O) groups is 4. The summed E-state index contributed by atoms with van der Waals surface area (Å²) in [7, 11) is 0. The summed E-state index contributed by atoms with van der Waals surface area (Å²) in [6, 6.07) is 7.40. The Kier molecular flexibility index (Phi) is 8.18. The molecule has 0 aliphatic heterocycles. The second-order valence-electron chi connectivity index (χ2n) is 5.20. The lowest BCUT2D eigenvalue weighted by Gasteiger charge is -2.10. The summed E-state index contributed by atoms with van der Waals surface area (Å²) < 4.78 is 4.71. The fourth-order valence-corrected chi connectivity index (χ4v) is 1.87. The van der Waals surface area contributed by atoms with Crippen LogP contribution in [0.15, 0.2) is 24.3 Å². The number of hydrogen-bond acceptors (Lipinski definition) is 5. The average molecular weight is 334 g/mol. The largest absolute Gasteiger partial charge is 0.456 e. The summed E-state index contributed by atoms with van der Waals surface area (Å²) in [5, 5.41) is 5.08. The molecule has 7 nitrogen and oxygen atoms in total. The standard InChI is InChI=1S/C17H22N2O5/c1-3-13-6-4-5-7-14(13)19-15(21)10-18-16(22)11-24-17(23)9-8-12(2)20/h4-7H,3,8-11H2,1-2H3,(H,18,22)(H,19,21). The third-order valence-electron chi connectivity index (χ3n) is 3.16. The molecule has 2 N–H and O–H groups in total. The lowest BCUT2D eigenvalue weighted by atomic mass is 10.1. The van der Waals surface area contributed by atoms with Crippen LogP contribution in [-0.2, 0) is 30.3 Å². The third-order valence-corrected chi connectivity index (χ3v) is 3.16. The Bertz CT molecular complexity index is 613. The van der Waals surface area contributed by atoms with Gasteiger partial charge in [0.2, 0.25) is 5.91 Å². The van der Waals surface area contributed by atoms with E-state index in [1.54, 1.807) is 6.07 Å². The average Bonchev–Trinajstić information content (AvgIpc) is 2.56. The first-order valence-corrected chi connectivity index (χ1v) is 7.72. The number of amides is 2. The topological polar surface area (TPSA) is 102 Å². The number of Topliss-reactive ketones (excluding diaryl/α,β-unsaturated/α-hetero) is 1. The van der Waals surface area contributed by atoms with Crippen LogP contribution in [0.4, 0.5) is 5.69 Å². The lowest BCUT2D eigenvalue weighted by Crippen LogP contribution is -2.35. The van der Waals surface area contributed by atoms with E-state index in [-0.39, 0.29) is 31.1 Å². The molecule has 1 aromatic carbocycles. The van der Waals surface area contributed by atoms with Crippen molar-refractivity contribution >= 4 is 29.3 Å². The Labute approximate surface area is 140 Å². The number of esters is 1. The quantitative estimate of drug-likeness (QED) is 0.661. The number of ether oxygens (including phenoxy) is 1. The fourth-order valence-electron chi connectivity index (χ4n) is 1.87. The van der Waals surface area contributed by atoms with E-state index in [9.17, 15) is 19.2 Å². The normalized spacial score (nSPS) is 9.92. The molecule has 0 aromatic heterocycles. The van der Waals surface area contributed by atoms with E-state index in [0.29, 0.717) is 5.69 Å². The maximum atomic E-state index is 11.8. The van der Waals surface area contributed by atoms with E-state index >= 15 is 0 Å². The molecule has 0 saturated heterocycles. The maximum absolute atomic E-state index is 11.8. The van der Waals surface area contributed by atoms with Crippen molar-refractivity contribution in [3.63, 3.8) is 0 Å². The molecule has 24 heavy (non-hydrogen) atoms. The van der Waals surface area contributed by atoms with E-state index in [4.69, 9.17) is 4.74 Å². The van der Waals surface area contributed by atoms with Crippen molar-refractivity contribution in [1.29, 1.82) is 0 Å². The van der Waals surface area contributed by atoms with Crippen LogP contribution in [0.3, 0.4) is 0 Å². The Balaban J connectivity index is 2.30. The van der Waals surface area contributed by atoms with Gasteiger partial charge in [0.25, 0.3) is 5.91 Å². The number of anilines is 1. The van der Waals surface area contributed by atoms with Gasteiger partial charge in [-0.1, -0.05) is 25.1 Å². The molecular formula is C17H22N2O5. The molecule has 0 bridgehead atoms. The Morgan fingerprint density at radius 3 is 2.42 bits per heavy atom.